The van der Waals surface area contributed by atoms with Gasteiger partial charge in [-0.2, -0.15) is 0 Å². The van der Waals surface area contributed by atoms with Gasteiger partial charge in [0, 0.05) is 16.7 Å². The average Bonchev–Trinajstić information content (AvgIpc) is 2.79. The van der Waals surface area contributed by atoms with Gasteiger partial charge in [0.1, 0.15) is 17.5 Å². The summed E-state index contributed by atoms with van der Waals surface area (Å²) in [5.74, 6) is 1.01. The van der Waals surface area contributed by atoms with E-state index in [1.165, 1.54) is 0 Å². The Hall–Kier alpha value is -2.29. The van der Waals surface area contributed by atoms with E-state index in [1.54, 1.807) is 12.0 Å². The Balaban J connectivity index is 2.16. The van der Waals surface area contributed by atoms with Gasteiger partial charge in [-0.05, 0) is 77.4 Å². The summed E-state index contributed by atoms with van der Waals surface area (Å²) in [5, 5.41) is 2.96. The Morgan fingerprint density at radius 3 is 2.26 bits per heavy atom. The van der Waals surface area contributed by atoms with Crippen LogP contribution >= 0.6 is 22.6 Å². The minimum Gasteiger partial charge on any atom is -0.497 e. The minimum absolute atomic E-state index is 0.129. The third-order valence-corrected chi connectivity index (χ3v) is 5.62. The smallest absolute Gasteiger partial charge is 0.261 e. The molecule has 0 fully saturated rings. The molecule has 0 heterocycles. The van der Waals surface area contributed by atoms with Crippen LogP contribution in [0.3, 0.4) is 0 Å². The largest absolute Gasteiger partial charge is 0.497 e. The van der Waals surface area contributed by atoms with Gasteiger partial charge in [0.2, 0.25) is 5.91 Å². The maximum Gasteiger partial charge on any atom is 0.261 e. The predicted molar refractivity (Wildman–Crippen MR) is 130 cm³/mol. The number of rotatable bonds is 12. The van der Waals surface area contributed by atoms with Crippen molar-refractivity contribution in [3.8, 4) is 11.5 Å². The zero-order valence-corrected chi connectivity index (χ0v) is 20.6. The van der Waals surface area contributed by atoms with Crippen LogP contribution in [0.5, 0.6) is 11.5 Å². The Morgan fingerprint density at radius 2 is 1.68 bits per heavy atom. The third kappa shape index (κ3) is 8.05. The molecule has 0 aliphatic carbocycles. The van der Waals surface area contributed by atoms with Gasteiger partial charge in [-0.25, -0.2) is 0 Å². The molecular weight excluding hydrogens is 507 g/mol. The molecule has 0 aliphatic heterocycles. The third-order valence-electron chi connectivity index (χ3n) is 4.90. The predicted octanol–water partition coefficient (Wildman–Crippen LogP) is 4.40. The monoisotopic (exact) mass is 538 g/mol. The van der Waals surface area contributed by atoms with Gasteiger partial charge in [0.25, 0.3) is 5.91 Å². The van der Waals surface area contributed by atoms with E-state index in [4.69, 9.17) is 9.47 Å². The highest BCUT2D eigenvalue weighted by atomic mass is 127. The number of carbonyl (C=O) groups excluding carboxylic acids is 2. The fourth-order valence-electron chi connectivity index (χ4n) is 3.11. The molecule has 0 bridgehead atoms. The summed E-state index contributed by atoms with van der Waals surface area (Å²) in [7, 11) is 1.61. The number of carbonyl (C=O) groups is 2. The van der Waals surface area contributed by atoms with Crippen LogP contribution in [0, 0.1) is 3.57 Å². The molecule has 31 heavy (non-hydrogen) atoms. The molecule has 0 radical (unpaired) electrons. The van der Waals surface area contributed by atoms with Crippen molar-refractivity contribution in [2.24, 2.45) is 0 Å². The van der Waals surface area contributed by atoms with Crippen LogP contribution in [0.25, 0.3) is 0 Å². The van der Waals surface area contributed by atoms with Crippen molar-refractivity contribution in [1.29, 1.82) is 0 Å². The molecule has 0 aromatic heterocycles. The van der Waals surface area contributed by atoms with Crippen LogP contribution < -0.4 is 14.8 Å². The summed E-state index contributed by atoms with van der Waals surface area (Å²) in [6.07, 6.45) is 2.42. The summed E-state index contributed by atoms with van der Waals surface area (Å²) in [5.41, 5.74) is 0.920. The average molecular weight is 538 g/mol. The van der Waals surface area contributed by atoms with E-state index >= 15 is 0 Å². The molecule has 0 spiro atoms. The number of nitrogens with zero attached hydrogens (tertiary/aromatic N) is 1. The molecule has 7 heteroatoms. The number of nitrogens with one attached hydrogen (secondary N) is 1. The van der Waals surface area contributed by atoms with Gasteiger partial charge in [-0.15, -0.1) is 0 Å². The van der Waals surface area contributed by atoms with Gasteiger partial charge in [-0.1, -0.05) is 32.4 Å². The molecule has 0 unspecified atom stereocenters. The molecule has 2 amide bonds. The lowest BCUT2D eigenvalue weighted by atomic mass is 10.1. The number of hydrogen-bond acceptors (Lipinski definition) is 4. The number of benzene rings is 2. The van der Waals surface area contributed by atoms with Gasteiger partial charge < -0.3 is 19.7 Å². The molecule has 168 valence electrons. The Bertz CT molecular complexity index is 824. The van der Waals surface area contributed by atoms with Crippen LogP contribution in [0.1, 0.15) is 38.7 Å². The van der Waals surface area contributed by atoms with E-state index in [0.717, 1.165) is 27.7 Å². The highest BCUT2D eigenvalue weighted by molar-refractivity contribution is 14.1. The number of halogens is 1. The lowest BCUT2D eigenvalue weighted by molar-refractivity contribution is -0.143. The SMILES string of the molecule is CCCCNC(=O)[C@@H](CC)N(Cc1ccc(OC)cc1)C(=O)COc1ccc(I)cc1. The number of methoxy groups -OCH3 is 1. The zero-order valence-electron chi connectivity index (χ0n) is 18.4. The van der Waals surface area contributed by atoms with Gasteiger partial charge in [-0.3, -0.25) is 9.59 Å². The molecule has 2 aromatic rings. The summed E-state index contributed by atoms with van der Waals surface area (Å²) in [6, 6.07) is 14.4. The van der Waals surface area contributed by atoms with Crippen LogP contribution in [-0.4, -0.2) is 43.0 Å². The normalized spacial score (nSPS) is 11.5. The molecular formula is C24H31IN2O4. The Labute approximate surface area is 198 Å². The number of amides is 2. The van der Waals surface area contributed by atoms with Crippen molar-refractivity contribution >= 4 is 34.4 Å². The second-order valence-electron chi connectivity index (χ2n) is 7.18. The van der Waals surface area contributed by atoms with Crippen molar-refractivity contribution < 1.29 is 19.1 Å². The molecule has 6 nitrogen and oxygen atoms in total. The van der Waals surface area contributed by atoms with Crippen molar-refractivity contribution in [2.75, 3.05) is 20.3 Å². The summed E-state index contributed by atoms with van der Waals surface area (Å²) in [4.78, 5) is 27.6. The van der Waals surface area contributed by atoms with Crippen molar-refractivity contribution in [1.82, 2.24) is 10.2 Å². The van der Waals surface area contributed by atoms with E-state index < -0.39 is 6.04 Å². The maximum atomic E-state index is 13.1. The standard InChI is InChI=1S/C24H31IN2O4/c1-4-6-15-26-24(29)22(5-2)27(16-18-7-11-20(30-3)12-8-18)23(28)17-31-21-13-9-19(25)10-14-21/h7-14,22H,4-6,15-17H2,1-3H3,(H,26,29)/t22-/m1/s1. The first kappa shape index (κ1) is 25.0. The second-order valence-corrected chi connectivity index (χ2v) is 8.43. The fraction of sp³-hybridized carbons (Fsp3) is 0.417. The van der Waals surface area contributed by atoms with Crippen LogP contribution in [0.4, 0.5) is 0 Å². The van der Waals surface area contributed by atoms with Crippen LogP contribution in [0.2, 0.25) is 0 Å². The lowest BCUT2D eigenvalue weighted by Gasteiger charge is -2.30. The van der Waals surface area contributed by atoms with E-state index in [2.05, 4.69) is 34.8 Å². The Morgan fingerprint density at radius 1 is 1.03 bits per heavy atom. The van der Waals surface area contributed by atoms with E-state index in [1.807, 2.05) is 55.5 Å². The van der Waals surface area contributed by atoms with Crippen molar-refractivity contribution in [2.45, 2.75) is 45.7 Å². The van der Waals surface area contributed by atoms with E-state index in [9.17, 15) is 9.59 Å². The first-order valence-electron chi connectivity index (χ1n) is 10.6. The highest BCUT2D eigenvalue weighted by Crippen LogP contribution is 2.18. The maximum absolute atomic E-state index is 13.1. The first-order valence-corrected chi connectivity index (χ1v) is 11.6. The van der Waals surface area contributed by atoms with Crippen molar-refractivity contribution in [3.63, 3.8) is 0 Å². The summed E-state index contributed by atoms with van der Waals surface area (Å²) in [6.45, 7) is 4.78. The van der Waals surface area contributed by atoms with E-state index in [-0.39, 0.29) is 18.4 Å². The molecule has 1 N–H and O–H groups in total. The zero-order chi connectivity index (χ0) is 22.6. The molecule has 0 aliphatic rings. The minimum atomic E-state index is -0.563. The Kier molecular flexibility index (Phi) is 10.6. The van der Waals surface area contributed by atoms with E-state index in [0.29, 0.717) is 25.3 Å². The van der Waals surface area contributed by atoms with Gasteiger partial charge >= 0.3 is 0 Å². The quantitative estimate of drug-likeness (QED) is 0.322. The summed E-state index contributed by atoms with van der Waals surface area (Å²) >= 11 is 2.22. The lowest BCUT2D eigenvalue weighted by Crippen LogP contribution is -2.50. The van der Waals surface area contributed by atoms with Gasteiger partial charge in [0.05, 0.1) is 7.11 Å². The molecule has 2 rings (SSSR count). The van der Waals surface area contributed by atoms with Crippen LogP contribution in [0.15, 0.2) is 48.5 Å². The molecule has 0 saturated carbocycles. The number of unbranched alkanes of at least 4 members (excludes halogenated alkanes) is 1. The molecule has 0 saturated heterocycles. The van der Waals surface area contributed by atoms with Gasteiger partial charge in [0.15, 0.2) is 6.61 Å². The first-order chi connectivity index (χ1) is 15.0. The summed E-state index contributed by atoms with van der Waals surface area (Å²) < 4.78 is 12.0. The van der Waals surface area contributed by atoms with Crippen LogP contribution in [-0.2, 0) is 16.1 Å². The topological polar surface area (TPSA) is 67.9 Å². The highest BCUT2D eigenvalue weighted by Gasteiger charge is 2.28. The second kappa shape index (κ2) is 13.2. The molecule has 2 aromatic carbocycles. The van der Waals surface area contributed by atoms with Crippen molar-refractivity contribution in [3.05, 3.63) is 57.7 Å². The number of ether oxygens (including phenoxy) is 2. The number of hydrogen-bond donors (Lipinski definition) is 1. The molecule has 1 atom stereocenters. The fourth-order valence-corrected chi connectivity index (χ4v) is 3.47.